The summed E-state index contributed by atoms with van der Waals surface area (Å²) in [5, 5.41) is 2.93. The Morgan fingerprint density at radius 3 is 2.71 bits per heavy atom. The minimum atomic E-state index is -0.193. The molecule has 1 atom stereocenters. The predicted molar refractivity (Wildman–Crippen MR) is 122 cm³/mol. The summed E-state index contributed by atoms with van der Waals surface area (Å²) < 4.78 is 14.4. The van der Waals surface area contributed by atoms with Crippen molar-refractivity contribution in [2.45, 2.75) is 31.9 Å². The van der Waals surface area contributed by atoms with E-state index in [9.17, 15) is 4.39 Å². The van der Waals surface area contributed by atoms with Gasteiger partial charge in [-0.1, -0.05) is 60.2 Å². The summed E-state index contributed by atoms with van der Waals surface area (Å²) in [7, 11) is 0. The largest absolute Gasteiger partial charge is 0.264 e. The monoisotopic (exact) mass is 413 g/mol. The highest BCUT2D eigenvalue weighted by Crippen LogP contribution is 2.29. The summed E-state index contributed by atoms with van der Waals surface area (Å²) in [6, 6.07) is 10.9. The molecule has 0 spiro atoms. The van der Waals surface area contributed by atoms with Gasteiger partial charge in [0.25, 0.3) is 0 Å². The van der Waals surface area contributed by atoms with Crippen molar-refractivity contribution in [1.82, 2.24) is 4.98 Å². The Bertz CT molecular complexity index is 871. The quantitative estimate of drug-likeness (QED) is 0.393. The van der Waals surface area contributed by atoms with Gasteiger partial charge < -0.3 is 0 Å². The van der Waals surface area contributed by atoms with Crippen molar-refractivity contribution in [2.75, 3.05) is 0 Å². The van der Waals surface area contributed by atoms with Crippen LogP contribution in [-0.2, 0) is 6.42 Å². The Kier molecular flexibility index (Phi) is 9.26. The molecule has 146 valence electrons. The Hall–Kier alpha value is -2.10. The van der Waals surface area contributed by atoms with Crippen LogP contribution in [0.4, 0.5) is 4.39 Å². The van der Waals surface area contributed by atoms with Gasteiger partial charge in [-0.05, 0) is 61.4 Å². The molecule has 1 unspecified atom stereocenters. The zero-order valence-corrected chi connectivity index (χ0v) is 17.8. The van der Waals surface area contributed by atoms with E-state index in [1.165, 1.54) is 11.6 Å². The fourth-order valence-electron chi connectivity index (χ4n) is 2.51. The number of halogens is 2. The number of thioether (sulfide) groups is 1. The van der Waals surface area contributed by atoms with Crippen LogP contribution in [-0.4, -0.2) is 10.2 Å². The first-order valence-corrected chi connectivity index (χ1v) is 10.5. The van der Waals surface area contributed by atoms with Crippen LogP contribution in [0, 0.1) is 5.82 Å². The molecule has 0 aliphatic heterocycles. The van der Waals surface area contributed by atoms with Crippen LogP contribution < -0.4 is 0 Å². The predicted octanol–water partition coefficient (Wildman–Crippen LogP) is 7.57. The lowest BCUT2D eigenvalue weighted by Crippen LogP contribution is -1.98. The van der Waals surface area contributed by atoms with E-state index >= 15 is 0 Å². The molecule has 28 heavy (non-hydrogen) atoms. The molecule has 0 saturated carbocycles. The van der Waals surface area contributed by atoms with E-state index in [0.717, 1.165) is 24.0 Å². The van der Waals surface area contributed by atoms with Crippen molar-refractivity contribution >= 4 is 28.9 Å². The molecule has 1 aromatic carbocycles. The molecule has 0 aliphatic carbocycles. The van der Waals surface area contributed by atoms with Gasteiger partial charge in [-0.2, -0.15) is 0 Å². The van der Waals surface area contributed by atoms with Gasteiger partial charge in [-0.3, -0.25) is 4.98 Å². The van der Waals surface area contributed by atoms with Crippen LogP contribution in [0.15, 0.2) is 89.6 Å². The molecule has 0 bridgehead atoms. The topological polar surface area (TPSA) is 12.9 Å². The standard InChI is InChI=1S/C24H25ClFNS/c1-4-22(25)14-11-18(2)19(3)28-17-21(23-9-5-6-10-24(23)26)13-12-20-8-7-15-27-16-20/h4-11,14-17,19H,1,12-13H2,2-3H3/b18-11+,21-17+,22-14+. The molecule has 0 fully saturated rings. The zero-order valence-electron chi connectivity index (χ0n) is 16.2. The van der Waals surface area contributed by atoms with Crippen molar-refractivity contribution in [3.8, 4) is 0 Å². The summed E-state index contributed by atoms with van der Waals surface area (Å²) in [6.07, 6.45) is 10.6. The van der Waals surface area contributed by atoms with Gasteiger partial charge in [-0.25, -0.2) is 4.39 Å². The molecule has 1 nitrogen and oxygen atoms in total. The van der Waals surface area contributed by atoms with E-state index in [-0.39, 0.29) is 11.1 Å². The third-order valence-electron chi connectivity index (χ3n) is 4.38. The van der Waals surface area contributed by atoms with Gasteiger partial charge in [0.15, 0.2) is 0 Å². The van der Waals surface area contributed by atoms with E-state index < -0.39 is 0 Å². The van der Waals surface area contributed by atoms with Crippen molar-refractivity contribution < 1.29 is 4.39 Å². The maximum atomic E-state index is 14.4. The van der Waals surface area contributed by atoms with E-state index in [1.54, 1.807) is 30.1 Å². The van der Waals surface area contributed by atoms with Crippen LogP contribution in [0.25, 0.3) is 5.57 Å². The third-order valence-corrected chi connectivity index (χ3v) is 5.86. The molecule has 4 heteroatoms. The highest BCUT2D eigenvalue weighted by atomic mass is 35.5. The Balaban J connectivity index is 2.18. The second-order valence-electron chi connectivity index (χ2n) is 6.43. The van der Waals surface area contributed by atoms with E-state index in [0.29, 0.717) is 10.6 Å². The number of pyridine rings is 1. The molecule has 1 aromatic heterocycles. The third kappa shape index (κ3) is 7.14. The summed E-state index contributed by atoms with van der Waals surface area (Å²) in [5.74, 6) is -0.193. The Morgan fingerprint density at radius 1 is 1.25 bits per heavy atom. The van der Waals surface area contributed by atoms with Gasteiger partial charge in [-0.15, -0.1) is 11.8 Å². The smallest absolute Gasteiger partial charge is 0.130 e. The second-order valence-corrected chi connectivity index (χ2v) is 8.08. The highest BCUT2D eigenvalue weighted by Gasteiger charge is 2.10. The van der Waals surface area contributed by atoms with Gasteiger partial charge in [0.1, 0.15) is 5.82 Å². The molecular formula is C24H25ClFNS. The molecular weight excluding hydrogens is 389 g/mol. The highest BCUT2D eigenvalue weighted by molar-refractivity contribution is 8.03. The second kappa shape index (κ2) is 11.7. The first-order valence-electron chi connectivity index (χ1n) is 9.16. The Labute approximate surface area is 176 Å². The van der Waals surface area contributed by atoms with E-state index in [4.69, 9.17) is 11.6 Å². The minimum absolute atomic E-state index is 0.193. The molecule has 0 N–H and O–H groups in total. The molecule has 0 aliphatic rings. The molecule has 2 rings (SSSR count). The fourth-order valence-corrected chi connectivity index (χ4v) is 3.48. The van der Waals surface area contributed by atoms with Gasteiger partial charge in [0.05, 0.1) is 0 Å². The van der Waals surface area contributed by atoms with Crippen LogP contribution in [0.3, 0.4) is 0 Å². The number of aromatic nitrogens is 1. The number of allylic oxidation sites excluding steroid dienone is 5. The maximum Gasteiger partial charge on any atom is 0.130 e. The van der Waals surface area contributed by atoms with Crippen molar-refractivity contribution in [3.63, 3.8) is 0 Å². The van der Waals surface area contributed by atoms with Crippen LogP contribution >= 0.6 is 23.4 Å². The number of benzene rings is 1. The number of rotatable bonds is 9. The molecule has 0 saturated heterocycles. The van der Waals surface area contributed by atoms with E-state index in [2.05, 4.69) is 30.8 Å². The lowest BCUT2D eigenvalue weighted by atomic mass is 10.00. The van der Waals surface area contributed by atoms with Crippen molar-refractivity contribution in [1.29, 1.82) is 0 Å². The van der Waals surface area contributed by atoms with Crippen molar-refractivity contribution in [2.24, 2.45) is 0 Å². The average molecular weight is 414 g/mol. The first-order chi connectivity index (χ1) is 13.5. The molecule has 1 heterocycles. The molecule has 0 amide bonds. The fraction of sp³-hybridized carbons (Fsp3) is 0.208. The van der Waals surface area contributed by atoms with Crippen LogP contribution in [0.1, 0.15) is 31.4 Å². The van der Waals surface area contributed by atoms with Gasteiger partial charge >= 0.3 is 0 Å². The lowest BCUT2D eigenvalue weighted by molar-refractivity contribution is 0.623. The van der Waals surface area contributed by atoms with E-state index in [1.807, 2.05) is 42.6 Å². The summed E-state index contributed by atoms with van der Waals surface area (Å²) >= 11 is 7.65. The van der Waals surface area contributed by atoms with Gasteiger partial charge in [0, 0.05) is 28.2 Å². The zero-order chi connectivity index (χ0) is 20.4. The van der Waals surface area contributed by atoms with Crippen molar-refractivity contribution in [3.05, 3.63) is 107 Å². The average Bonchev–Trinajstić information content (AvgIpc) is 2.73. The minimum Gasteiger partial charge on any atom is -0.264 e. The number of nitrogens with zero attached hydrogens (tertiary/aromatic N) is 1. The van der Waals surface area contributed by atoms with Crippen LogP contribution in [0.5, 0.6) is 0 Å². The number of hydrogen-bond donors (Lipinski definition) is 0. The molecule has 0 radical (unpaired) electrons. The van der Waals surface area contributed by atoms with Gasteiger partial charge in [0.2, 0.25) is 0 Å². The Morgan fingerprint density at radius 2 is 2.04 bits per heavy atom. The molecule has 2 aromatic rings. The maximum absolute atomic E-state index is 14.4. The SMILES string of the molecule is C=C/C(Cl)=C\C=C(/C)C(C)S/C=C(\CCc1cccnc1)c1ccccc1F. The summed E-state index contributed by atoms with van der Waals surface area (Å²) in [6.45, 7) is 7.84. The summed E-state index contributed by atoms with van der Waals surface area (Å²) in [4.78, 5) is 4.16. The summed E-state index contributed by atoms with van der Waals surface area (Å²) in [5.41, 5.74) is 3.97. The number of hydrogen-bond acceptors (Lipinski definition) is 2. The number of aryl methyl sites for hydroxylation is 1. The van der Waals surface area contributed by atoms with Crippen LogP contribution in [0.2, 0.25) is 0 Å². The first kappa shape index (κ1) is 22.2. The lowest BCUT2D eigenvalue weighted by Gasteiger charge is -2.13. The normalized spacial score (nSPS) is 14.1.